The highest BCUT2D eigenvalue weighted by Gasteiger charge is 2.08. The highest BCUT2D eigenvalue weighted by atomic mass is 79.9. The molecule has 3 heteroatoms. The summed E-state index contributed by atoms with van der Waals surface area (Å²) in [6.07, 6.45) is 9.71. The Labute approximate surface area is 131 Å². The first kappa shape index (κ1) is 17.2. The summed E-state index contributed by atoms with van der Waals surface area (Å²) < 4.78 is 6.71. The largest absolute Gasteiger partial charge is 0.493 e. The van der Waals surface area contributed by atoms with Crippen LogP contribution in [0.4, 0.5) is 0 Å². The molecule has 0 saturated heterocycles. The first-order valence-corrected chi connectivity index (χ1v) is 8.36. The van der Waals surface area contributed by atoms with E-state index in [9.17, 15) is 4.79 Å². The van der Waals surface area contributed by atoms with Gasteiger partial charge >= 0.3 is 0 Å². The van der Waals surface area contributed by atoms with Crippen LogP contribution in [-0.4, -0.2) is 12.9 Å². The van der Waals surface area contributed by atoms with Gasteiger partial charge in [-0.1, -0.05) is 61.4 Å². The van der Waals surface area contributed by atoms with Gasteiger partial charge in [0.25, 0.3) is 0 Å². The van der Waals surface area contributed by atoms with Crippen LogP contribution in [0.5, 0.6) is 5.75 Å². The average Bonchev–Trinajstić information content (AvgIpc) is 2.43. The van der Waals surface area contributed by atoms with Crippen LogP contribution in [0.15, 0.2) is 16.6 Å². The van der Waals surface area contributed by atoms with Crippen molar-refractivity contribution < 1.29 is 9.53 Å². The minimum absolute atomic E-state index is 0.625. The third-order valence-electron chi connectivity index (χ3n) is 3.39. The molecule has 0 heterocycles. The molecule has 0 aliphatic heterocycles. The van der Waals surface area contributed by atoms with Gasteiger partial charge < -0.3 is 4.74 Å². The lowest BCUT2D eigenvalue weighted by atomic mass is 10.1. The zero-order valence-electron chi connectivity index (χ0n) is 12.6. The van der Waals surface area contributed by atoms with Crippen LogP contribution in [0.3, 0.4) is 0 Å². The number of carbonyl (C=O) groups excluding carboxylic acids is 1. The van der Waals surface area contributed by atoms with Crippen molar-refractivity contribution in [3.8, 4) is 5.75 Å². The van der Waals surface area contributed by atoms with Gasteiger partial charge in [-0.05, 0) is 31.0 Å². The summed E-state index contributed by atoms with van der Waals surface area (Å²) in [5.41, 5.74) is 1.63. The van der Waals surface area contributed by atoms with Gasteiger partial charge in [-0.15, -0.1) is 0 Å². The van der Waals surface area contributed by atoms with Gasteiger partial charge in [-0.2, -0.15) is 0 Å². The molecule has 0 bridgehead atoms. The predicted octanol–water partition coefficient (Wildman–Crippen LogP) is 5.70. The maximum Gasteiger partial charge on any atom is 0.153 e. The Kier molecular flexibility index (Phi) is 8.59. The second-order valence-electron chi connectivity index (χ2n) is 5.23. The first-order valence-electron chi connectivity index (χ1n) is 7.57. The molecule has 1 aromatic rings. The van der Waals surface area contributed by atoms with Gasteiger partial charge in [0.15, 0.2) is 6.29 Å². The Hall–Kier alpha value is -0.830. The molecule has 1 aromatic carbocycles. The van der Waals surface area contributed by atoms with Crippen LogP contribution in [0.25, 0.3) is 0 Å². The van der Waals surface area contributed by atoms with E-state index in [1.807, 2.05) is 13.0 Å². The molecular formula is C17H25BrO2. The predicted molar refractivity (Wildman–Crippen MR) is 87.8 cm³/mol. The monoisotopic (exact) mass is 340 g/mol. The van der Waals surface area contributed by atoms with Crippen LogP contribution < -0.4 is 4.74 Å². The molecule has 0 atom stereocenters. The summed E-state index contributed by atoms with van der Waals surface area (Å²) in [5.74, 6) is 0.731. The summed E-state index contributed by atoms with van der Waals surface area (Å²) in [4.78, 5) is 11.1. The smallest absolute Gasteiger partial charge is 0.153 e. The molecule has 0 amide bonds. The van der Waals surface area contributed by atoms with Gasteiger partial charge in [0.05, 0.1) is 12.2 Å². The van der Waals surface area contributed by atoms with Gasteiger partial charge in [0.1, 0.15) is 5.75 Å². The Morgan fingerprint density at radius 2 is 1.75 bits per heavy atom. The topological polar surface area (TPSA) is 26.3 Å². The Balaban J connectivity index is 2.30. The van der Waals surface area contributed by atoms with Crippen molar-refractivity contribution in [1.29, 1.82) is 0 Å². The summed E-state index contributed by atoms with van der Waals surface area (Å²) >= 11 is 3.40. The molecule has 0 aliphatic carbocycles. The lowest BCUT2D eigenvalue weighted by molar-refractivity contribution is 0.111. The molecule has 0 fully saturated rings. The highest BCUT2D eigenvalue weighted by Crippen LogP contribution is 2.27. The molecule has 0 spiro atoms. The van der Waals surface area contributed by atoms with Crippen molar-refractivity contribution in [2.45, 2.75) is 58.8 Å². The molecule has 0 saturated carbocycles. The number of carbonyl (C=O) groups is 1. The number of aldehydes is 1. The third-order valence-corrected chi connectivity index (χ3v) is 3.85. The van der Waals surface area contributed by atoms with Crippen LogP contribution in [0, 0.1) is 6.92 Å². The summed E-state index contributed by atoms with van der Waals surface area (Å²) in [5, 5.41) is 0. The van der Waals surface area contributed by atoms with Crippen LogP contribution in [0.1, 0.15) is 67.8 Å². The zero-order valence-corrected chi connectivity index (χ0v) is 14.2. The van der Waals surface area contributed by atoms with Crippen molar-refractivity contribution >= 4 is 22.2 Å². The fourth-order valence-corrected chi connectivity index (χ4v) is 2.86. The van der Waals surface area contributed by atoms with E-state index in [1.54, 1.807) is 6.07 Å². The molecule has 112 valence electrons. The Morgan fingerprint density at radius 3 is 2.40 bits per heavy atom. The van der Waals surface area contributed by atoms with Crippen molar-refractivity contribution in [3.63, 3.8) is 0 Å². The zero-order chi connectivity index (χ0) is 14.8. The second kappa shape index (κ2) is 9.98. The number of ether oxygens (including phenoxy) is 1. The van der Waals surface area contributed by atoms with Crippen LogP contribution in [-0.2, 0) is 0 Å². The Morgan fingerprint density at radius 1 is 1.10 bits per heavy atom. The van der Waals surface area contributed by atoms with E-state index in [-0.39, 0.29) is 0 Å². The number of aryl methyl sites for hydroxylation is 1. The third kappa shape index (κ3) is 6.08. The van der Waals surface area contributed by atoms with E-state index in [0.29, 0.717) is 12.2 Å². The molecule has 20 heavy (non-hydrogen) atoms. The molecular weight excluding hydrogens is 316 g/mol. The minimum atomic E-state index is 0.625. The van der Waals surface area contributed by atoms with Gasteiger partial charge in [-0.25, -0.2) is 0 Å². The van der Waals surface area contributed by atoms with E-state index in [1.165, 1.54) is 38.5 Å². The maximum atomic E-state index is 11.1. The number of benzene rings is 1. The summed E-state index contributed by atoms with van der Waals surface area (Å²) in [6.45, 7) is 4.90. The quantitative estimate of drug-likeness (QED) is 0.403. The SMILES string of the molecule is CCCCCCCCCOc1c(C)cc(Br)cc1C=O. The molecule has 0 aromatic heterocycles. The maximum absolute atomic E-state index is 11.1. The molecule has 0 aliphatic rings. The van der Waals surface area contributed by atoms with E-state index >= 15 is 0 Å². The molecule has 0 radical (unpaired) electrons. The average molecular weight is 341 g/mol. The number of rotatable bonds is 10. The number of hydrogen-bond donors (Lipinski definition) is 0. The lowest BCUT2D eigenvalue weighted by Gasteiger charge is -2.12. The second-order valence-corrected chi connectivity index (χ2v) is 6.14. The normalized spacial score (nSPS) is 10.6. The van der Waals surface area contributed by atoms with Crippen molar-refractivity contribution in [2.24, 2.45) is 0 Å². The van der Waals surface area contributed by atoms with E-state index < -0.39 is 0 Å². The van der Waals surface area contributed by atoms with Crippen molar-refractivity contribution in [3.05, 3.63) is 27.7 Å². The van der Waals surface area contributed by atoms with Crippen LogP contribution >= 0.6 is 15.9 Å². The first-order chi connectivity index (χ1) is 9.69. The standard InChI is InChI=1S/C17H25BrO2/c1-3-4-5-6-7-8-9-10-20-17-14(2)11-16(18)12-15(17)13-19/h11-13H,3-10H2,1-2H3. The van der Waals surface area contributed by atoms with E-state index in [2.05, 4.69) is 22.9 Å². The number of unbranched alkanes of at least 4 members (excludes halogenated alkanes) is 6. The summed E-state index contributed by atoms with van der Waals surface area (Å²) in [6, 6.07) is 3.78. The van der Waals surface area contributed by atoms with E-state index in [0.717, 1.165) is 28.5 Å². The lowest BCUT2D eigenvalue weighted by Crippen LogP contribution is -2.02. The number of hydrogen-bond acceptors (Lipinski definition) is 2. The molecule has 0 N–H and O–H groups in total. The van der Waals surface area contributed by atoms with Crippen LogP contribution in [0.2, 0.25) is 0 Å². The van der Waals surface area contributed by atoms with Gasteiger partial charge in [-0.3, -0.25) is 4.79 Å². The fraction of sp³-hybridized carbons (Fsp3) is 0.588. The minimum Gasteiger partial charge on any atom is -0.493 e. The van der Waals surface area contributed by atoms with Crippen molar-refractivity contribution in [1.82, 2.24) is 0 Å². The van der Waals surface area contributed by atoms with E-state index in [4.69, 9.17) is 4.74 Å². The Bertz CT molecular complexity index is 416. The van der Waals surface area contributed by atoms with Gasteiger partial charge in [0.2, 0.25) is 0 Å². The molecule has 2 nitrogen and oxygen atoms in total. The number of halogens is 1. The van der Waals surface area contributed by atoms with Crippen molar-refractivity contribution in [2.75, 3.05) is 6.61 Å². The molecule has 0 unspecified atom stereocenters. The van der Waals surface area contributed by atoms with Gasteiger partial charge in [0, 0.05) is 4.47 Å². The highest BCUT2D eigenvalue weighted by molar-refractivity contribution is 9.10. The summed E-state index contributed by atoms with van der Waals surface area (Å²) in [7, 11) is 0. The fourth-order valence-electron chi connectivity index (χ4n) is 2.27. The molecule has 1 rings (SSSR count).